The maximum absolute atomic E-state index is 10.3. The highest BCUT2D eigenvalue weighted by molar-refractivity contribution is 5.17. The Bertz CT molecular complexity index is 566. The van der Waals surface area contributed by atoms with E-state index in [0.29, 0.717) is 0 Å². The lowest BCUT2D eigenvalue weighted by Gasteiger charge is -2.33. The van der Waals surface area contributed by atoms with E-state index in [0.717, 1.165) is 50.7 Å². The Hall–Kier alpha value is -1.76. The first-order valence-corrected chi connectivity index (χ1v) is 8.80. The Morgan fingerprint density at radius 1 is 1.21 bits per heavy atom. The lowest BCUT2D eigenvalue weighted by molar-refractivity contribution is 0.0891. The molecule has 24 heavy (non-hydrogen) atoms. The fraction of sp³-hybridized carbons (Fsp3) is 0.556. The first kappa shape index (κ1) is 17.1. The standard InChI is InChI=1S/C18H27N5O/c24-18(17-4-2-1-3-5-17)13-22-9-6-16(7-10-22)12-19-8-11-23-15-20-14-21-23/h1-5,14-16,18-19,24H,6-13H2/t18-/m0/s1. The Morgan fingerprint density at radius 3 is 2.71 bits per heavy atom. The van der Waals surface area contributed by atoms with Crippen LogP contribution in [-0.4, -0.2) is 57.5 Å². The molecule has 1 fully saturated rings. The van der Waals surface area contributed by atoms with Gasteiger partial charge in [0.15, 0.2) is 0 Å². The molecule has 6 heteroatoms. The number of aromatic nitrogens is 3. The first-order valence-electron chi connectivity index (χ1n) is 8.80. The van der Waals surface area contributed by atoms with Gasteiger partial charge >= 0.3 is 0 Å². The van der Waals surface area contributed by atoms with Crippen molar-refractivity contribution in [3.63, 3.8) is 0 Å². The maximum Gasteiger partial charge on any atom is 0.137 e. The van der Waals surface area contributed by atoms with Crippen LogP contribution in [0.5, 0.6) is 0 Å². The summed E-state index contributed by atoms with van der Waals surface area (Å²) in [4.78, 5) is 6.32. The number of β-amino-alcohol motifs (C(OH)–C–C–N with tert-alkyl or cyclic N) is 1. The molecule has 0 saturated carbocycles. The van der Waals surface area contributed by atoms with E-state index in [1.165, 1.54) is 12.8 Å². The number of piperidine rings is 1. The Morgan fingerprint density at radius 2 is 2.00 bits per heavy atom. The molecule has 3 rings (SSSR count). The van der Waals surface area contributed by atoms with Gasteiger partial charge in [0.25, 0.3) is 0 Å². The molecule has 0 bridgehead atoms. The van der Waals surface area contributed by atoms with Crippen molar-refractivity contribution in [1.29, 1.82) is 0 Å². The monoisotopic (exact) mass is 329 g/mol. The number of rotatable bonds is 8. The Balaban J connectivity index is 1.31. The molecule has 1 saturated heterocycles. The predicted molar refractivity (Wildman–Crippen MR) is 93.5 cm³/mol. The fourth-order valence-electron chi connectivity index (χ4n) is 3.25. The van der Waals surface area contributed by atoms with Gasteiger partial charge in [0.1, 0.15) is 12.7 Å². The molecule has 2 heterocycles. The molecule has 0 unspecified atom stereocenters. The van der Waals surface area contributed by atoms with Crippen molar-refractivity contribution >= 4 is 0 Å². The van der Waals surface area contributed by atoms with E-state index >= 15 is 0 Å². The number of hydrogen-bond donors (Lipinski definition) is 2. The van der Waals surface area contributed by atoms with Crippen LogP contribution in [0.15, 0.2) is 43.0 Å². The van der Waals surface area contributed by atoms with Crippen LogP contribution >= 0.6 is 0 Å². The molecule has 0 spiro atoms. The van der Waals surface area contributed by atoms with Gasteiger partial charge < -0.3 is 15.3 Å². The molecule has 1 aromatic heterocycles. The minimum Gasteiger partial charge on any atom is -0.387 e. The van der Waals surface area contributed by atoms with Crippen LogP contribution in [0.1, 0.15) is 24.5 Å². The second-order valence-corrected chi connectivity index (χ2v) is 6.53. The molecule has 130 valence electrons. The van der Waals surface area contributed by atoms with Gasteiger partial charge in [0, 0.05) is 13.1 Å². The van der Waals surface area contributed by atoms with Crippen LogP contribution in [0.4, 0.5) is 0 Å². The third kappa shape index (κ3) is 5.12. The average Bonchev–Trinajstić information content (AvgIpc) is 3.14. The molecule has 0 radical (unpaired) electrons. The molecule has 1 aromatic carbocycles. The van der Waals surface area contributed by atoms with Crippen molar-refractivity contribution in [1.82, 2.24) is 25.0 Å². The molecule has 0 aliphatic carbocycles. The molecular weight excluding hydrogens is 302 g/mol. The fourth-order valence-corrected chi connectivity index (χ4v) is 3.25. The topological polar surface area (TPSA) is 66.2 Å². The van der Waals surface area contributed by atoms with Crippen LogP contribution in [0.25, 0.3) is 0 Å². The summed E-state index contributed by atoms with van der Waals surface area (Å²) < 4.78 is 1.85. The normalized spacial score (nSPS) is 17.9. The van der Waals surface area contributed by atoms with E-state index in [9.17, 15) is 5.11 Å². The minimum atomic E-state index is -0.386. The average molecular weight is 329 g/mol. The number of likely N-dealkylation sites (tertiary alicyclic amines) is 1. The zero-order valence-electron chi connectivity index (χ0n) is 14.1. The first-order chi connectivity index (χ1) is 11.8. The van der Waals surface area contributed by atoms with Gasteiger partial charge in [-0.1, -0.05) is 30.3 Å². The second kappa shape index (κ2) is 8.92. The summed E-state index contributed by atoms with van der Waals surface area (Å²) >= 11 is 0. The van der Waals surface area contributed by atoms with E-state index in [2.05, 4.69) is 20.3 Å². The molecule has 0 amide bonds. The number of aliphatic hydroxyl groups excluding tert-OH is 1. The van der Waals surface area contributed by atoms with E-state index < -0.39 is 0 Å². The van der Waals surface area contributed by atoms with Crippen LogP contribution in [0.3, 0.4) is 0 Å². The minimum absolute atomic E-state index is 0.386. The van der Waals surface area contributed by atoms with E-state index in [1.54, 1.807) is 12.7 Å². The van der Waals surface area contributed by atoms with Crippen molar-refractivity contribution in [2.75, 3.05) is 32.7 Å². The highest BCUT2D eigenvalue weighted by atomic mass is 16.3. The highest BCUT2D eigenvalue weighted by Gasteiger charge is 2.21. The summed E-state index contributed by atoms with van der Waals surface area (Å²) in [7, 11) is 0. The maximum atomic E-state index is 10.3. The third-order valence-electron chi connectivity index (χ3n) is 4.74. The molecule has 2 N–H and O–H groups in total. The van der Waals surface area contributed by atoms with Gasteiger partial charge in [-0.05, 0) is 44.0 Å². The van der Waals surface area contributed by atoms with Gasteiger partial charge in [-0.25, -0.2) is 4.98 Å². The molecule has 2 aromatic rings. The number of aliphatic hydroxyl groups is 1. The zero-order valence-corrected chi connectivity index (χ0v) is 14.1. The summed E-state index contributed by atoms with van der Waals surface area (Å²) in [5.74, 6) is 0.728. The second-order valence-electron chi connectivity index (χ2n) is 6.53. The predicted octanol–water partition coefficient (Wildman–Crippen LogP) is 1.31. The van der Waals surface area contributed by atoms with Gasteiger partial charge in [0.2, 0.25) is 0 Å². The summed E-state index contributed by atoms with van der Waals surface area (Å²) in [5.41, 5.74) is 1.01. The van der Waals surface area contributed by atoms with Gasteiger partial charge in [0.05, 0.1) is 12.6 Å². The van der Waals surface area contributed by atoms with Gasteiger partial charge in [-0.2, -0.15) is 5.10 Å². The van der Waals surface area contributed by atoms with Crippen LogP contribution in [-0.2, 0) is 6.54 Å². The van der Waals surface area contributed by atoms with Crippen molar-refractivity contribution < 1.29 is 5.11 Å². The summed E-state index contributed by atoms with van der Waals surface area (Å²) in [5, 5.41) is 18.0. The molecular formula is C18H27N5O. The lowest BCUT2D eigenvalue weighted by atomic mass is 9.96. The Kier molecular flexibility index (Phi) is 6.34. The van der Waals surface area contributed by atoms with Crippen molar-refractivity contribution in [2.45, 2.75) is 25.5 Å². The zero-order chi connectivity index (χ0) is 16.6. The largest absolute Gasteiger partial charge is 0.387 e. The van der Waals surface area contributed by atoms with E-state index in [-0.39, 0.29) is 6.10 Å². The number of hydrogen-bond acceptors (Lipinski definition) is 5. The molecule has 1 aliphatic heterocycles. The number of benzene rings is 1. The SMILES string of the molecule is O[C@@H](CN1CCC(CNCCn2cncn2)CC1)c1ccccc1. The van der Waals surface area contributed by atoms with E-state index in [4.69, 9.17) is 0 Å². The van der Waals surface area contributed by atoms with Crippen LogP contribution in [0.2, 0.25) is 0 Å². The van der Waals surface area contributed by atoms with Crippen molar-refractivity contribution in [2.24, 2.45) is 5.92 Å². The number of nitrogens with zero attached hydrogens (tertiary/aromatic N) is 4. The van der Waals surface area contributed by atoms with Gasteiger partial charge in [-0.15, -0.1) is 0 Å². The summed E-state index contributed by atoms with van der Waals surface area (Å²) in [6.07, 6.45) is 5.32. The molecule has 1 aliphatic rings. The smallest absolute Gasteiger partial charge is 0.137 e. The lowest BCUT2D eigenvalue weighted by Crippen LogP contribution is -2.39. The van der Waals surface area contributed by atoms with Crippen LogP contribution < -0.4 is 5.32 Å². The van der Waals surface area contributed by atoms with Crippen molar-refractivity contribution in [3.8, 4) is 0 Å². The third-order valence-corrected chi connectivity index (χ3v) is 4.74. The van der Waals surface area contributed by atoms with Crippen LogP contribution in [0, 0.1) is 5.92 Å². The van der Waals surface area contributed by atoms with Gasteiger partial charge in [-0.3, -0.25) is 4.68 Å². The molecule has 6 nitrogen and oxygen atoms in total. The summed E-state index contributed by atoms with van der Waals surface area (Å²) in [6.45, 7) is 5.72. The number of nitrogens with one attached hydrogen (secondary N) is 1. The van der Waals surface area contributed by atoms with E-state index in [1.807, 2.05) is 35.0 Å². The van der Waals surface area contributed by atoms with Crippen molar-refractivity contribution in [3.05, 3.63) is 48.5 Å². The quantitative estimate of drug-likeness (QED) is 0.715. The summed E-state index contributed by atoms with van der Waals surface area (Å²) in [6, 6.07) is 9.94. The molecule has 1 atom stereocenters. The highest BCUT2D eigenvalue weighted by Crippen LogP contribution is 2.20. The Labute approximate surface area is 143 Å².